The predicted octanol–water partition coefficient (Wildman–Crippen LogP) is 1.29. The van der Waals surface area contributed by atoms with Crippen molar-refractivity contribution in [2.24, 2.45) is 5.41 Å². The Labute approximate surface area is 122 Å². The number of sulfonamides is 1. The molecule has 0 fully saturated rings. The number of nitro benzene ring substituents is 1. The Balaban J connectivity index is 3.11. The van der Waals surface area contributed by atoms with Crippen molar-refractivity contribution >= 4 is 21.7 Å². The minimum Gasteiger partial charge on any atom is -0.481 e. The summed E-state index contributed by atoms with van der Waals surface area (Å²) in [5.74, 6) is -1.15. The van der Waals surface area contributed by atoms with Gasteiger partial charge in [0.25, 0.3) is 5.69 Å². The van der Waals surface area contributed by atoms with Crippen molar-refractivity contribution in [3.8, 4) is 0 Å². The summed E-state index contributed by atoms with van der Waals surface area (Å²) in [6.45, 7) is 3.92. The van der Waals surface area contributed by atoms with Gasteiger partial charge in [-0.2, -0.15) is 0 Å². The number of hydrogen-bond acceptors (Lipinski definition) is 5. The minimum absolute atomic E-state index is 0.238. The van der Waals surface area contributed by atoms with E-state index in [0.29, 0.717) is 5.56 Å². The molecule has 0 aliphatic heterocycles. The van der Waals surface area contributed by atoms with Crippen LogP contribution in [0.4, 0.5) is 5.69 Å². The highest BCUT2D eigenvalue weighted by Crippen LogP contribution is 2.22. The van der Waals surface area contributed by atoms with Crippen LogP contribution in [0.3, 0.4) is 0 Å². The van der Waals surface area contributed by atoms with E-state index in [1.165, 1.54) is 32.9 Å². The van der Waals surface area contributed by atoms with Gasteiger partial charge in [-0.15, -0.1) is 0 Å². The van der Waals surface area contributed by atoms with Gasteiger partial charge < -0.3 is 5.11 Å². The van der Waals surface area contributed by atoms with E-state index in [2.05, 4.69) is 4.72 Å². The first-order chi connectivity index (χ1) is 9.47. The fourth-order valence-corrected chi connectivity index (χ4v) is 2.89. The van der Waals surface area contributed by atoms with Crippen molar-refractivity contribution < 1.29 is 23.2 Å². The van der Waals surface area contributed by atoms with Crippen LogP contribution in [0.2, 0.25) is 0 Å². The largest absolute Gasteiger partial charge is 0.481 e. The number of carboxylic acids is 1. The summed E-state index contributed by atoms with van der Waals surface area (Å²) in [6, 6.07) is 3.48. The zero-order chi connectivity index (χ0) is 16.4. The van der Waals surface area contributed by atoms with Crippen LogP contribution in [0.25, 0.3) is 0 Å². The Morgan fingerprint density at radius 2 is 2.00 bits per heavy atom. The fourth-order valence-electron chi connectivity index (χ4n) is 1.42. The average Bonchev–Trinajstić information content (AvgIpc) is 2.36. The predicted molar refractivity (Wildman–Crippen MR) is 74.4 cm³/mol. The lowest BCUT2D eigenvalue weighted by atomic mass is 9.95. The lowest BCUT2D eigenvalue weighted by molar-refractivity contribution is -0.385. The molecule has 2 N–H and O–H groups in total. The Hall–Kier alpha value is -2.00. The van der Waals surface area contributed by atoms with Crippen molar-refractivity contribution in [3.63, 3.8) is 0 Å². The molecule has 0 saturated heterocycles. The number of aryl methyl sites for hydroxylation is 1. The molecular weight excluding hydrogens is 300 g/mol. The van der Waals surface area contributed by atoms with E-state index in [4.69, 9.17) is 5.11 Å². The van der Waals surface area contributed by atoms with E-state index < -0.39 is 26.3 Å². The Morgan fingerprint density at radius 1 is 1.43 bits per heavy atom. The molecule has 0 atom stereocenters. The van der Waals surface area contributed by atoms with E-state index in [9.17, 15) is 23.3 Å². The topological polar surface area (TPSA) is 127 Å². The first-order valence-corrected chi connectivity index (χ1v) is 7.44. The second kappa shape index (κ2) is 5.78. The van der Waals surface area contributed by atoms with Gasteiger partial charge in [0.2, 0.25) is 10.0 Å². The molecule has 1 aromatic carbocycles. The maximum absolute atomic E-state index is 12.2. The number of benzene rings is 1. The van der Waals surface area contributed by atoms with E-state index >= 15 is 0 Å². The quantitative estimate of drug-likeness (QED) is 0.601. The van der Waals surface area contributed by atoms with Gasteiger partial charge in [0.1, 0.15) is 0 Å². The molecule has 1 rings (SSSR count). The van der Waals surface area contributed by atoms with Crippen molar-refractivity contribution in [1.29, 1.82) is 0 Å². The second-order valence-corrected chi connectivity index (χ2v) is 6.96. The maximum Gasteiger partial charge on any atom is 0.310 e. The average molecular weight is 316 g/mol. The normalized spacial score (nSPS) is 12.1. The molecule has 0 saturated carbocycles. The van der Waals surface area contributed by atoms with Crippen molar-refractivity contribution in [2.45, 2.75) is 25.7 Å². The lowest BCUT2D eigenvalue weighted by Crippen LogP contribution is -2.39. The number of carbonyl (C=O) groups is 1. The van der Waals surface area contributed by atoms with Crippen LogP contribution < -0.4 is 4.72 Å². The Kier molecular flexibility index (Phi) is 4.69. The number of nitro groups is 1. The lowest BCUT2D eigenvalue weighted by Gasteiger charge is -2.19. The number of non-ortho nitro benzene ring substituents is 1. The van der Waals surface area contributed by atoms with Gasteiger partial charge in [-0.1, -0.05) is 6.07 Å². The summed E-state index contributed by atoms with van der Waals surface area (Å²) in [6.07, 6.45) is 0. The Morgan fingerprint density at radius 3 is 2.48 bits per heavy atom. The molecular formula is C12H16N2O6S. The molecule has 0 heterocycles. The molecule has 0 aliphatic carbocycles. The fraction of sp³-hybridized carbons (Fsp3) is 0.417. The highest BCUT2D eigenvalue weighted by molar-refractivity contribution is 7.89. The molecule has 0 unspecified atom stereocenters. The summed E-state index contributed by atoms with van der Waals surface area (Å²) >= 11 is 0. The zero-order valence-corrected chi connectivity index (χ0v) is 12.6. The van der Waals surface area contributed by atoms with E-state index in [1.54, 1.807) is 0 Å². The number of hydrogen-bond donors (Lipinski definition) is 2. The van der Waals surface area contributed by atoms with Gasteiger partial charge in [-0.3, -0.25) is 14.9 Å². The van der Waals surface area contributed by atoms with Crippen LogP contribution in [-0.2, 0) is 14.8 Å². The van der Waals surface area contributed by atoms with Gasteiger partial charge in [-0.25, -0.2) is 13.1 Å². The molecule has 9 heteroatoms. The molecule has 0 radical (unpaired) electrons. The summed E-state index contributed by atoms with van der Waals surface area (Å²) in [5.41, 5.74) is -1.30. The van der Waals surface area contributed by atoms with Crippen molar-refractivity contribution in [2.75, 3.05) is 6.54 Å². The first-order valence-electron chi connectivity index (χ1n) is 5.95. The molecule has 0 spiro atoms. The van der Waals surface area contributed by atoms with E-state index in [1.807, 2.05) is 0 Å². The summed E-state index contributed by atoms with van der Waals surface area (Å²) in [4.78, 5) is 20.7. The number of carboxylic acid groups (broad SMARTS) is 1. The van der Waals surface area contributed by atoms with Gasteiger partial charge in [0, 0.05) is 18.7 Å². The standard InChI is InChI=1S/C12H16N2O6S/c1-8-4-5-9(14(17)18)6-10(8)21(19,20)13-7-12(2,3)11(15)16/h4-6,13H,7H2,1-3H3,(H,15,16). The Bertz CT molecular complexity index is 681. The molecule has 0 amide bonds. The SMILES string of the molecule is Cc1ccc([N+](=O)[O-])cc1S(=O)(=O)NCC(C)(C)C(=O)O. The highest BCUT2D eigenvalue weighted by Gasteiger charge is 2.30. The molecule has 0 aromatic heterocycles. The number of rotatable bonds is 6. The van der Waals surface area contributed by atoms with E-state index in [0.717, 1.165) is 6.07 Å². The molecule has 116 valence electrons. The van der Waals surface area contributed by atoms with Crippen LogP contribution in [-0.4, -0.2) is 31.0 Å². The molecule has 0 aliphatic rings. The van der Waals surface area contributed by atoms with Gasteiger partial charge in [0.05, 0.1) is 15.2 Å². The van der Waals surface area contributed by atoms with Crippen LogP contribution >= 0.6 is 0 Å². The first kappa shape index (κ1) is 17.1. The minimum atomic E-state index is -4.03. The second-order valence-electron chi connectivity index (χ2n) is 5.22. The van der Waals surface area contributed by atoms with Crippen molar-refractivity contribution in [1.82, 2.24) is 4.72 Å². The third-order valence-electron chi connectivity index (χ3n) is 2.96. The smallest absolute Gasteiger partial charge is 0.310 e. The van der Waals surface area contributed by atoms with Crippen LogP contribution in [0, 0.1) is 22.5 Å². The zero-order valence-electron chi connectivity index (χ0n) is 11.8. The molecule has 1 aromatic rings. The number of nitrogens with zero attached hydrogens (tertiary/aromatic N) is 1. The number of aliphatic carboxylic acids is 1. The molecule has 21 heavy (non-hydrogen) atoms. The molecule has 0 bridgehead atoms. The van der Waals surface area contributed by atoms with Gasteiger partial charge in [0.15, 0.2) is 0 Å². The summed E-state index contributed by atoms with van der Waals surface area (Å²) in [5, 5.41) is 19.7. The maximum atomic E-state index is 12.2. The van der Waals surface area contributed by atoms with Crippen LogP contribution in [0.15, 0.2) is 23.1 Å². The van der Waals surface area contributed by atoms with Crippen LogP contribution in [0.5, 0.6) is 0 Å². The highest BCUT2D eigenvalue weighted by atomic mass is 32.2. The third kappa shape index (κ3) is 3.99. The van der Waals surface area contributed by atoms with Crippen molar-refractivity contribution in [3.05, 3.63) is 33.9 Å². The summed E-state index contributed by atoms with van der Waals surface area (Å²) in [7, 11) is -4.03. The third-order valence-corrected chi connectivity index (χ3v) is 4.50. The van der Waals surface area contributed by atoms with Crippen LogP contribution in [0.1, 0.15) is 19.4 Å². The summed E-state index contributed by atoms with van der Waals surface area (Å²) < 4.78 is 26.5. The van der Waals surface area contributed by atoms with Gasteiger partial charge >= 0.3 is 5.97 Å². The van der Waals surface area contributed by atoms with E-state index in [-0.39, 0.29) is 17.1 Å². The van der Waals surface area contributed by atoms with Gasteiger partial charge in [-0.05, 0) is 26.3 Å². The molecule has 8 nitrogen and oxygen atoms in total. The monoisotopic (exact) mass is 316 g/mol. The number of nitrogens with one attached hydrogen (secondary N) is 1.